The fourth-order valence-electron chi connectivity index (χ4n) is 0. The standard InChI is InChI=1S/C2H7NO.H3N.H2O/c3-1-2-4;;/h4H,1-3H2;1H3;1H2. The molecule has 8 N–H and O–H groups in total. The van der Waals surface area contributed by atoms with Crippen molar-refractivity contribution < 1.29 is 10.6 Å². The van der Waals surface area contributed by atoms with E-state index in [1.807, 2.05) is 0 Å². The molecule has 4 heteroatoms. The molecule has 0 fully saturated rings. The molecule has 6 heavy (non-hydrogen) atoms. The molecule has 0 aromatic rings. The lowest BCUT2D eigenvalue weighted by Gasteiger charge is -1.71. The van der Waals surface area contributed by atoms with E-state index in [-0.39, 0.29) is 18.2 Å². The van der Waals surface area contributed by atoms with Crippen molar-refractivity contribution >= 4 is 0 Å². The zero-order valence-corrected chi connectivity index (χ0v) is 3.89. The number of quaternary nitrogens is 1. The Hall–Kier alpha value is -0.160. The summed E-state index contributed by atoms with van der Waals surface area (Å²) >= 11 is 0. The Morgan fingerprint density at radius 1 is 1.50 bits per heavy atom. The first-order valence-corrected chi connectivity index (χ1v) is 1.22. The molecule has 0 saturated carbocycles. The van der Waals surface area contributed by atoms with Crippen LogP contribution in [0.5, 0.6) is 0 Å². The Bertz CT molecular complexity index is 11.5. The Labute approximate surface area is 36.9 Å². The second-order valence-electron chi connectivity index (χ2n) is 0.512. The van der Waals surface area contributed by atoms with Crippen LogP contribution in [0.15, 0.2) is 0 Å². The first-order chi connectivity index (χ1) is 1.91. The van der Waals surface area contributed by atoms with Gasteiger partial charge in [0.15, 0.2) is 0 Å². The third-order valence-corrected chi connectivity index (χ3v) is 0.129. The van der Waals surface area contributed by atoms with E-state index in [4.69, 9.17) is 10.8 Å². The van der Waals surface area contributed by atoms with Crippen molar-refractivity contribution in [3.8, 4) is 0 Å². The van der Waals surface area contributed by atoms with Crippen molar-refractivity contribution in [3.05, 3.63) is 0 Å². The molecule has 0 saturated heterocycles. The molecule has 42 valence electrons. The predicted octanol–water partition coefficient (Wildman–Crippen LogP) is -0.863. The molecule has 0 spiro atoms. The van der Waals surface area contributed by atoms with Crippen molar-refractivity contribution in [2.24, 2.45) is 5.73 Å². The minimum atomic E-state index is 0. The Morgan fingerprint density at radius 3 is 1.67 bits per heavy atom. The van der Waals surface area contributed by atoms with Gasteiger partial charge >= 0.3 is 0 Å². The smallest absolute Gasteiger partial charge is 0.0553 e. The van der Waals surface area contributed by atoms with Crippen LogP contribution in [0.1, 0.15) is 0 Å². The van der Waals surface area contributed by atoms with Crippen LogP contribution in [0.3, 0.4) is 0 Å². The highest BCUT2D eigenvalue weighted by atomic mass is 16.3. The lowest BCUT2D eigenvalue weighted by Crippen LogP contribution is -2.02. The van der Waals surface area contributed by atoms with Gasteiger partial charge in [-0.15, -0.1) is 0 Å². The minimum absolute atomic E-state index is 0. The zero-order valence-electron chi connectivity index (χ0n) is 3.89. The highest BCUT2D eigenvalue weighted by Gasteiger charge is 1.56. The quantitative estimate of drug-likeness (QED) is 0.394. The maximum absolute atomic E-state index is 7.75. The predicted molar refractivity (Wildman–Crippen MR) is 24.1 cm³/mol. The van der Waals surface area contributed by atoms with Gasteiger partial charge in [0.25, 0.3) is 0 Å². The van der Waals surface area contributed by atoms with Crippen molar-refractivity contribution in [2.75, 3.05) is 13.2 Å². The molecule has 0 aromatic carbocycles. The number of aliphatic hydroxyl groups excluding tert-OH is 1. The van der Waals surface area contributed by atoms with Gasteiger partial charge in [0, 0.05) is 6.54 Å². The zero-order chi connectivity index (χ0) is 3.41. The van der Waals surface area contributed by atoms with Gasteiger partial charge < -0.3 is 22.5 Å². The summed E-state index contributed by atoms with van der Waals surface area (Å²) in [6.07, 6.45) is 0. The molecule has 0 aliphatic heterocycles. The van der Waals surface area contributed by atoms with E-state index in [0.717, 1.165) is 0 Å². The van der Waals surface area contributed by atoms with E-state index in [0.29, 0.717) is 6.54 Å². The second kappa shape index (κ2) is 21.1. The van der Waals surface area contributed by atoms with E-state index in [1.54, 1.807) is 0 Å². The average Bonchev–Trinajstić information content (AvgIpc) is 1.37. The summed E-state index contributed by atoms with van der Waals surface area (Å²) in [7, 11) is 0. The van der Waals surface area contributed by atoms with Gasteiger partial charge in [-0.25, -0.2) is 0 Å². The lowest BCUT2D eigenvalue weighted by atomic mass is 10.8. The van der Waals surface area contributed by atoms with Crippen LogP contribution in [-0.2, 0) is 0 Å². The van der Waals surface area contributed by atoms with Crippen molar-refractivity contribution in [1.82, 2.24) is 6.15 Å². The molecule has 0 aliphatic rings. The van der Waals surface area contributed by atoms with Crippen LogP contribution in [0.2, 0.25) is 0 Å². The molecule has 0 amide bonds. The van der Waals surface area contributed by atoms with Crippen LogP contribution < -0.4 is 11.9 Å². The maximum Gasteiger partial charge on any atom is 0.0553 e. The minimum Gasteiger partial charge on any atom is -0.870 e. The summed E-state index contributed by atoms with van der Waals surface area (Å²) in [5.41, 5.74) is 4.78. The van der Waals surface area contributed by atoms with E-state index < -0.39 is 0 Å². The summed E-state index contributed by atoms with van der Waals surface area (Å²) in [6, 6.07) is 0. The van der Waals surface area contributed by atoms with Crippen molar-refractivity contribution in [1.29, 1.82) is 0 Å². The van der Waals surface area contributed by atoms with E-state index >= 15 is 0 Å². The third-order valence-electron chi connectivity index (χ3n) is 0.129. The molecule has 4 nitrogen and oxygen atoms in total. The fraction of sp³-hybridized carbons (Fsp3) is 1.00. The maximum atomic E-state index is 7.75. The molecule has 0 heterocycles. The van der Waals surface area contributed by atoms with Crippen LogP contribution >= 0.6 is 0 Å². The van der Waals surface area contributed by atoms with Gasteiger partial charge in [-0.1, -0.05) is 0 Å². The van der Waals surface area contributed by atoms with Crippen molar-refractivity contribution in [3.63, 3.8) is 0 Å². The molecule has 0 aromatic heterocycles. The number of hydrogen-bond acceptors (Lipinski definition) is 3. The number of aliphatic hydroxyl groups is 1. The topological polar surface area (TPSA) is 113 Å². The summed E-state index contributed by atoms with van der Waals surface area (Å²) < 4.78 is 0. The largest absolute Gasteiger partial charge is 0.870 e. The van der Waals surface area contributed by atoms with Crippen LogP contribution in [-0.4, -0.2) is 23.7 Å². The van der Waals surface area contributed by atoms with Gasteiger partial charge in [0.05, 0.1) is 6.61 Å². The number of hydrogen-bond donors (Lipinski definition) is 3. The van der Waals surface area contributed by atoms with E-state index in [1.165, 1.54) is 0 Å². The monoisotopic (exact) mass is 96.1 g/mol. The Kier molecular flexibility index (Phi) is 59.6. The summed E-state index contributed by atoms with van der Waals surface area (Å²) in [6.45, 7) is 0.472. The molecule has 0 atom stereocenters. The molecule has 0 aliphatic carbocycles. The van der Waals surface area contributed by atoms with Crippen molar-refractivity contribution in [2.45, 2.75) is 0 Å². The highest BCUT2D eigenvalue weighted by Crippen LogP contribution is 1.33. The normalized spacial score (nSPS) is 5.00. The van der Waals surface area contributed by atoms with Gasteiger partial charge in [0.1, 0.15) is 0 Å². The summed E-state index contributed by atoms with van der Waals surface area (Å²) in [5, 5.41) is 7.75. The first-order valence-electron chi connectivity index (χ1n) is 1.22. The molecule has 0 unspecified atom stereocenters. The molecular weight excluding hydrogens is 84.0 g/mol. The van der Waals surface area contributed by atoms with Gasteiger partial charge in [-0.05, 0) is 0 Å². The number of nitrogens with two attached hydrogens (primary N) is 1. The van der Waals surface area contributed by atoms with Gasteiger partial charge in [0.2, 0.25) is 0 Å². The third kappa shape index (κ3) is 43.9. The average molecular weight is 96.1 g/mol. The molecular formula is C2H12N2O2. The van der Waals surface area contributed by atoms with Crippen LogP contribution in [0.4, 0.5) is 0 Å². The molecule has 0 radical (unpaired) electrons. The molecule has 0 bridgehead atoms. The SMILES string of the molecule is NCCO.[NH4+].[OH-]. The Morgan fingerprint density at radius 2 is 1.67 bits per heavy atom. The summed E-state index contributed by atoms with van der Waals surface area (Å²) in [5.74, 6) is 0. The highest BCUT2D eigenvalue weighted by molar-refractivity contribution is 4.17. The summed E-state index contributed by atoms with van der Waals surface area (Å²) in [4.78, 5) is 0. The van der Waals surface area contributed by atoms with Crippen LogP contribution in [0, 0.1) is 0 Å². The van der Waals surface area contributed by atoms with Gasteiger partial charge in [-0.2, -0.15) is 0 Å². The fourth-order valence-corrected chi connectivity index (χ4v) is 0. The lowest BCUT2D eigenvalue weighted by molar-refractivity contribution is 0.306. The second-order valence-corrected chi connectivity index (χ2v) is 0.512. The van der Waals surface area contributed by atoms with E-state index in [9.17, 15) is 0 Å². The first kappa shape index (κ1) is 17.0. The molecule has 0 rings (SSSR count). The van der Waals surface area contributed by atoms with E-state index in [2.05, 4.69) is 0 Å². The Balaban J connectivity index is -0.0000000450. The van der Waals surface area contributed by atoms with Crippen LogP contribution in [0.25, 0.3) is 0 Å². The number of rotatable bonds is 1. The van der Waals surface area contributed by atoms with Gasteiger partial charge in [-0.3, -0.25) is 0 Å².